The molecule has 0 unspecified atom stereocenters. The molecule has 0 saturated carbocycles. The Morgan fingerprint density at radius 2 is 2.03 bits per heavy atom. The van der Waals surface area contributed by atoms with Crippen molar-refractivity contribution in [1.29, 1.82) is 0 Å². The molecule has 33 heavy (non-hydrogen) atoms. The van der Waals surface area contributed by atoms with Gasteiger partial charge >= 0.3 is 6.09 Å². The minimum atomic E-state index is -0.667. The first kappa shape index (κ1) is 25.2. The fraction of sp³-hybridized carbons (Fsp3) is 0.565. The fourth-order valence-corrected chi connectivity index (χ4v) is 4.36. The number of carbonyl (C=O) groups excluding carboxylic acids is 1. The van der Waals surface area contributed by atoms with Gasteiger partial charge in [0, 0.05) is 30.8 Å². The summed E-state index contributed by atoms with van der Waals surface area (Å²) in [4.78, 5) is 29.8. The lowest BCUT2D eigenvalue weighted by Crippen LogP contribution is -2.44. The summed E-state index contributed by atoms with van der Waals surface area (Å²) in [6.45, 7) is 7.53. The Labute approximate surface area is 199 Å². The minimum Gasteiger partial charge on any atom is -0.444 e. The van der Waals surface area contributed by atoms with Crippen LogP contribution in [0.2, 0.25) is 0 Å². The van der Waals surface area contributed by atoms with Crippen molar-refractivity contribution in [2.75, 3.05) is 31.4 Å². The quantitative estimate of drug-likeness (QED) is 0.461. The second-order valence-corrected chi connectivity index (χ2v) is 10.2. The number of aliphatic hydroxyl groups excluding tert-OH is 2. The summed E-state index contributed by atoms with van der Waals surface area (Å²) >= 11 is 1.43. The minimum absolute atomic E-state index is 0.0470. The maximum Gasteiger partial charge on any atom is 0.410 e. The highest BCUT2D eigenvalue weighted by molar-refractivity contribution is 7.98. The molecular formula is C23H33N5O4S. The van der Waals surface area contributed by atoms with E-state index in [2.05, 4.69) is 4.98 Å². The fourth-order valence-electron chi connectivity index (χ4n) is 4.02. The van der Waals surface area contributed by atoms with Gasteiger partial charge in [-0.3, -0.25) is 0 Å². The van der Waals surface area contributed by atoms with E-state index < -0.39 is 17.1 Å². The number of carbonyl (C=O) groups is 1. The highest BCUT2D eigenvalue weighted by Gasteiger charge is 2.49. The maximum atomic E-state index is 12.4. The number of hydrogen-bond donors (Lipinski definition) is 2. The van der Waals surface area contributed by atoms with Gasteiger partial charge in [0.1, 0.15) is 17.2 Å². The van der Waals surface area contributed by atoms with Gasteiger partial charge < -0.3 is 24.7 Å². The van der Waals surface area contributed by atoms with Gasteiger partial charge in [0.05, 0.1) is 24.9 Å². The van der Waals surface area contributed by atoms with Gasteiger partial charge in [-0.2, -0.15) is 0 Å². The molecule has 180 valence electrons. The molecular weight excluding hydrogens is 442 g/mol. The number of ether oxygens (including phenoxy) is 1. The van der Waals surface area contributed by atoms with Crippen LogP contribution in [0.3, 0.4) is 0 Å². The van der Waals surface area contributed by atoms with Gasteiger partial charge in [0.2, 0.25) is 0 Å². The number of hydrogen-bond acceptors (Lipinski definition) is 9. The van der Waals surface area contributed by atoms with Crippen molar-refractivity contribution < 1.29 is 19.7 Å². The van der Waals surface area contributed by atoms with Gasteiger partial charge in [-0.15, -0.1) is 0 Å². The Kier molecular flexibility index (Phi) is 7.50. The van der Waals surface area contributed by atoms with E-state index in [0.29, 0.717) is 28.9 Å². The zero-order valence-electron chi connectivity index (χ0n) is 20.1. The summed E-state index contributed by atoms with van der Waals surface area (Å²) < 4.78 is 5.44. The number of anilines is 2. The highest BCUT2D eigenvalue weighted by atomic mass is 32.2. The number of nitrogens with zero attached hydrogens (tertiary/aromatic N) is 5. The van der Waals surface area contributed by atoms with Crippen LogP contribution in [-0.4, -0.2) is 74.3 Å². The highest BCUT2D eigenvalue weighted by Crippen LogP contribution is 2.48. The molecule has 2 aromatic heterocycles. The van der Waals surface area contributed by atoms with Crippen LogP contribution in [0.15, 0.2) is 29.6 Å². The van der Waals surface area contributed by atoms with E-state index in [1.54, 1.807) is 13.2 Å². The standard InChI is InChI=1S/C23H33N5O4S/c1-22(2,3)32-21(31)27(5)13-15-8-7-9-18(25-15)28-17(10-11-29)23(4,14-30)16-12-24-20(33-6)26-19(16)28/h7-9,12,17,29-30H,10-11,13-14H2,1-6H3/t17-,23-/m1/s1. The summed E-state index contributed by atoms with van der Waals surface area (Å²) in [5.41, 5.74) is 0.252. The first-order valence-electron chi connectivity index (χ1n) is 10.9. The Morgan fingerprint density at radius 1 is 1.30 bits per heavy atom. The number of aliphatic hydroxyl groups is 2. The van der Waals surface area contributed by atoms with Crippen LogP contribution < -0.4 is 4.90 Å². The molecule has 0 bridgehead atoms. The Bertz CT molecular complexity index is 999. The van der Waals surface area contributed by atoms with Crippen molar-refractivity contribution in [3.8, 4) is 0 Å². The van der Waals surface area contributed by atoms with Gasteiger partial charge in [-0.1, -0.05) is 24.8 Å². The van der Waals surface area contributed by atoms with Crippen molar-refractivity contribution in [3.05, 3.63) is 35.7 Å². The van der Waals surface area contributed by atoms with Gasteiger partial charge in [0.15, 0.2) is 5.16 Å². The summed E-state index contributed by atoms with van der Waals surface area (Å²) in [6.07, 6.45) is 3.66. The van der Waals surface area contributed by atoms with Crippen molar-refractivity contribution in [3.63, 3.8) is 0 Å². The third kappa shape index (κ3) is 5.23. The molecule has 0 aliphatic carbocycles. The van der Waals surface area contributed by atoms with Crippen LogP contribution in [0, 0.1) is 0 Å². The Hall–Kier alpha value is -2.43. The molecule has 0 aromatic carbocycles. The van der Waals surface area contributed by atoms with Crippen LogP contribution in [-0.2, 0) is 16.7 Å². The molecule has 0 radical (unpaired) electrons. The number of thioether (sulfide) groups is 1. The smallest absolute Gasteiger partial charge is 0.410 e. The molecule has 2 aromatic rings. The topological polar surface area (TPSA) is 112 Å². The first-order chi connectivity index (χ1) is 15.5. The summed E-state index contributed by atoms with van der Waals surface area (Å²) in [6, 6.07) is 5.33. The van der Waals surface area contributed by atoms with Crippen molar-refractivity contribution in [2.45, 2.75) is 62.9 Å². The monoisotopic (exact) mass is 475 g/mol. The molecule has 2 N–H and O–H groups in total. The van der Waals surface area contributed by atoms with E-state index in [1.807, 2.05) is 57.0 Å². The van der Waals surface area contributed by atoms with Gasteiger partial charge in [-0.05, 0) is 45.6 Å². The van der Waals surface area contributed by atoms with E-state index in [1.165, 1.54) is 16.7 Å². The summed E-state index contributed by atoms with van der Waals surface area (Å²) in [7, 11) is 1.67. The molecule has 3 heterocycles. The Balaban J connectivity index is 1.99. The van der Waals surface area contributed by atoms with E-state index >= 15 is 0 Å². The van der Waals surface area contributed by atoms with E-state index in [9.17, 15) is 15.0 Å². The number of aromatic nitrogens is 3. The van der Waals surface area contributed by atoms with E-state index in [0.717, 1.165) is 5.56 Å². The lowest BCUT2D eigenvalue weighted by Gasteiger charge is -2.34. The molecule has 9 nitrogen and oxygen atoms in total. The van der Waals surface area contributed by atoms with Crippen LogP contribution in [0.1, 0.15) is 45.4 Å². The molecule has 1 aliphatic rings. The molecule has 0 spiro atoms. The number of rotatable bonds is 7. The zero-order chi connectivity index (χ0) is 24.4. The van der Waals surface area contributed by atoms with Gasteiger partial charge in [0.25, 0.3) is 0 Å². The summed E-state index contributed by atoms with van der Waals surface area (Å²) in [5.74, 6) is 1.31. The molecule has 3 rings (SSSR count). The van der Waals surface area contributed by atoms with Crippen LogP contribution >= 0.6 is 11.8 Å². The average molecular weight is 476 g/mol. The SMILES string of the molecule is CSc1ncc2c(n1)N(c1cccc(CN(C)C(=O)OC(C)(C)C)n1)[C@H](CCO)[C@]2(C)CO. The predicted octanol–water partition coefficient (Wildman–Crippen LogP) is 3.11. The maximum absolute atomic E-state index is 12.4. The van der Waals surface area contributed by atoms with Crippen molar-refractivity contribution >= 4 is 29.5 Å². The largest absolute Gasteiger partial charge is 0.444 e. The zero-order valence-corrected chi connectivity index (χ0v) is 20.9. The lowest BCUT2D eigenvalue weighted by atomic mass is 9.79. The molecule has 0 fully saturated rings. The third-order valence-electron chi connectivity index (χ3n) is 5.69. The first-order valence-corrected chi connectivity index (χ1v) is 12.1. The number of amides is 1. The van der Waals surface area contributed by atoms with E-state index in [-0.39, 0.29) is 25.8 Å². The van der Waals surface area contributed by atoms with E-state index in [4.69, 9.17) is 14.7 Å². The number of pyridine rings is 1. The molecule has 0 saturated heterocycles. The lowest BCUT2D eigenvalue weighted by molar-refractivity contribution is 0.0283. The molecule has 1 aliphatic heterocycles. The third-order valence-corrected chi connectivity index (χ3v) is 6.26. The second kappa shape index (κ2) is 9.82. The van der Waals surface area contributed by atoms with Crippen LogP contribution in [0.4, 0.5) is 16.4 Å². The van der Waals surface area contributed by atoms with Crippen LogP contribution in [0.5, 0.6) is 0 Å². The Morgan fingerprint density at radius 3 is 2.64 bits per heavy atom. The van der Waals surface area contributed by atoms with Crippen molar-refractivity contribution in [1.82, 2.24) is 19.9 Å². The van der Waals surface area contributed by atoms with Crippen LogP contribution in [0.25, 0.3) is 0 Å². The predicted molar refractivity (Wildman–Crippen MR) is 128 cm³/mol. The van der Waals surface area contributed by atoms with Gasteiger partial charge in [-0.25, -0.2) is 19.7 Å². The number of fused-ring (bicyclic) bond motifs is 1. The molecule has 10 heteroatoms. The second-order valence-electron chi connectivity index (χ2n) is 9.39. The van der Waals surface area contributed by atoms with Crippen molar-refractivity contribution in [2.24, 2.45) is 0 Å². The molecule has 2 atom stereocenters. The summed E-state index contributed by atoms with van der Waals surface area (Å²) in [5, 5.41) is 20.8. The average Bonchev–Trinajstić information content (AvgIpc) is 3.01. The molecule has 1 amide bonds. The normalized spacial score (nSPS) is 20.0.